The summed E-state index contributed by atoms with van der Waals surface area (Å²) in [5.74, 6) is 1.02. The molecule has 2 aromatic rings. The summed E-state index contributed by atoms with van der Waals surface area (Å²) in [5.41, 5.74) is 3.23. The molecule has 3 rings (SSSR count). The van der Waals surface area contributed by atoms with Crippen LogP contribution in [-0.4, -0.2) is 56.0 Å². The predicted molar refractivity (Wildman–Crippen MR) is 117 cm³/mol. The van der Waals surface area contributed by atoms with Crippen molar-refractivity contribution >= 4 is 17.8 Å². The number of guanidine groups is 1. The number of nitrogens with one attached hydrogen (secondary N) is 2. The quantitative estimate of drug-likeness (QED) is 0.398. The minimum atomic E-state index is -0.245. The topological polar surface area (TPSA) is 83.0 Å². The van der Waals surface area contributed by atoms with Gasteiger partial charge in [0.25, 0.3) is 11.8 Å². The Bertz CT molecular complexity index is 920. The Morgan fingerprint density at radius 2 is 1.77 bits per heavy atom. The van der Waals surface area contributed by atoms with Gasteiger partial charge in [0.1, 0.15) is 5.75 Å². The van der Waals surface area contributed by atoms with Crippen LogP contribution in [0.5, 0.6) is 5.75 Å². The van der Waals surface area contributed by atoms with Crippen molar-refractivity contribution in [3.63, 3.8) is 0 Å². The maximum atomic E-state index is 12.4. The summed E-state index contributed by atoms with van der Waals surface area (Å²) in [5, 5.41) is 6.40. The molecule has 0 unspecified atom stereocenters. The van der Waals surface area contributed by atoms with E-state index in [9.17, 15) is 9.59 Å². The molecule has 0 saturated carbocycles. The number of ether oxygens (including phenoxy) is 1. The zero-order chi connectivity index (χ0) is 21.5. The fraction of sp³-hybridized carbons (Fsp3) is 0.348. The first-order valence-electron chi connectivity index (χ1n) is 10.2. The zero-order valence-electron chi connectivity index (χ0n) is 17.7. The SMILES string of the molecule is CCNC(=NCCc1cc(C)ccc1OC)NCCN1C(=O)c2ccccc2C1=O. The van der Waals surface area contributed by atoms with E-state index in [-0.39, 0.29) is 18.4 Å². The highest BCUT2D eigenvalue weighted by Gasteiger charge is 2.34. The molecule has 30 heavy (non-hydrogen) atoms. The average Bonchev–Trinajstić information content (AvgIpc) is 2.99. The minimum Gasteiger partial charge on any atom is -0.496 e. The summed E-state index contributed by atoms with van der Waals surface area (Å²) in [6, 6.07) is 13.0. The Morgan fingerprint density at radius 1 is 1.07 bits per heavy atom. The second-order valence-corrected chi connectivity index (χ2v) is 7.06. The number of aliphatic imine (C=N–C) groups is 1. The van der Waals surface area contributed by atoms with E-state index in [0.717, 1.165) is 17.7 Å². The van der Waals surface area contributed by atoms with Gasteiger partial charge in [-0.25, -0.2) is 0 Å². The number of amides is 2. The van der Waals surface area contributed by atoms with Crippen molar-refractivity contribution in [1.29, 1.82) is 0 Å². The average molecular weight is 409 g/mol. The summed E-state index contributed by atoms with van der Waals surface area (Å²) in [6.07, 6.45) is 0.750. The van der Waals surface area contributed by atoms with Gasteiger partial charge in [-0.05, 0) is 44.0 Å². The summed E-state index contributed by atoms with van der Waals surface area (Å²) in [6.45, 7) is 6.05. The van der Waals surface area contributed by atoms with Crippen molar-refractivity contribution in [3.05, 3.63) is 64.7 Å². The van der Waals surface area contributed by atoms with E-state index in [1.165, 1.54) is 10.5 Å². The number of carbonyl (C=O) groups is 2. The van der Waals surface area contributed by atoms with Crippen LogP contribution in [0.3, 0.4) is 0 Å². The first kappa shape index (κ1) is 21.4. The third-order valence-electron chi connectivity index (χ3n) is 4.94. The molecule has 7 heteroatoms. The molecule has 0 saturated heterocycles. The monoisotopic (exact) mass is 408 g/mol. The second kappa shape index (κ2) is 9.91. The van der Waals surface area contributed by atoms with Crippen LogP contribution >= 0.6 is 0 Å². The van der Waals surface area contributed by atoms with E-state index in [2.05, 4.69) is 28.6 Å². The molecule has 1 heterocycles. The Hall–Kier alpha value is -3.35. The van der Waals surface area contributed by atoms with Gasteiger partial charge in [0.05, 0.1) is 18.2 Å². The zero-order valence-corrected chi connectivity index (χ0v) is 17.7. The molecular weight excluding hydrogens is 380 g/mol. The number of hydrogen-bond acceptors (Lipinski definition) is 4. The van der Waals surface area contributed by atoms with Gasteiger partial charge in [0.2, 0.25) is 0 Å². The van der Waals surface area contributed by atoms with Gasteiger partial charge >= 0.3 is 0 Å². The van der Waals surface area contributed by atoms with Crippen LogP contribution in [0, 0.1) is 6.92 Å². The van der Waals surface area contributed by atoms with Crippen LogP contribution in [0.2, 0.25) is 0 Å². The van der Waals surface area contributed by atoms with Crippen molar-refractivity contribution in [1.82, 2.24) is 15.5 Å². The predicted octanol–water partition coefficient (Wildman–Crippen LogP) is 2.40. The number of hydrogen-bond donors (Lipinski definition) is 2. The first-order chi connectivity index (χ1) is 14.5. The number of rotatable bonds is 8. The summed E-state index contributed by atoms with van der Waals surface area (Å²) < 4.78 is 5.42. The van der Waals surface area contributed by atoms with Gasteiger partial charge in [-0.2, -0.15) is 0 Å². The normalized spacial score (nSPS) is 13.4. The molecule has 0 fully saturated rings. The number of benzene rings is 2. The van der Waals surface area contributed by atoms with Crippen molar-refractivity contribution in [3.8, 4) is 5.75 Å². The fourth-order valence-electron chi connectivity index (χ4n) is 3.46. The molecule has 0 radical (unpaired) electrons. The molecule has 158 valence electrons. The van der Waals surface area contributed by atoms with Gasteiger partial charge in [0, 0.05) is 26.2 Å². The third kappa shape index (κ3) is 4.79. The molecule has 1 aliphatic heterocycles. The molecule has 0 atom stereocenters. The van der Waals surface area contributed by atoms with Gasteiger partial charge in [-0.3, -0.25) is 19.5 Å². The van der Waals surface area contributed by atoms with Crippen LogP contribution in [0.4, 0.5) is 0 Å². The molecule has 2 N–H and O–H groups in total. The van der Waals surface area contributed by atoms with E-state index in [4.69, 9.17) is 4.74 Å². The van der Waals surface area contributed by atoms with Gasteiger partial charge < -0.3 is 15.4 Å². The highest BCUT2D eigenvalue weighted by Crippen LogP contribution is 2.22. The lowest BCUT2D eigenvalue weighted by Crippen LogP contribution is -2.43. The first-order valence-corrected chi connectivity index (χ1v) is 10.2. The lowest BCUT2D eigenvalue weighted by molar-refractivity contribution is 0.0657. The number of imide groups is 1. The Labute approximate surface area is 177 Å². The lowest BCUT2D eigenvalue weighted by atomic mass is 10.1. The molecule has 0 aromatic heterocycles. The standard InChI is InChI=1S/C23H28N4O3/c1-4-24-23(25-12-11-17-15-16(2)9-10-20(17)30-3)26-13-14-27-21(28)18-7-5-6-8-19(18)22(27)29/h5-10,15H,4,11-14H2,1-3H3,(H2,24,25,26). The highest BCUT2D eigenvalue weighted by atomic mass is 16.5. The molecular formula is C23H28N4O3. The van der Waals surface area contributed by atoms with Crippen LogP contribution in [-0.2, 0) is 6.42 Å². The van der Waals surface area contributed by atoms with E-state index in [1.54, 1.807) is 31.4 Å². The van der Waals surface area contributed by atoms with Gasteiger partial charge in [0.15, 0.2) is 5.96 Å². The fourth-order valence-corrected chi connectivity index (χ4v) is 3.46. The molecule has 2 aromatic carbocycles. The van der Waals surface area contributed by atoms with Crippen molar-refractivity contribution in [2.45, 2.75) is 20.3 Å². The lowest BCUT2D eigenvalue weighted by Gasteiger charge is -2.16. The molecule has 7 nitrogen and oxygen atoms in total. The number of carbonyl (C=O) groups excluding carboxylic acids is 2. The summed E-state index contributed by atoms with van der Waals surface area (Å²) in [4.78, 5) is 30.8. The maximum absolute atomic E-state index is 12.4. The summed E-state index contributed by atoms with van der Waals surface area (Å²) in [7, 11) is 1.67. The number of aryl methyl sites for hydroxylation is 1. The van der Waals surface area contributed by atoms with E-state index in [1.807, 2.05) is 19.1 Å². The van der Waals surface area contributed by atoms with Crippen molar-refractivity contribution in [2.75, 3.05) is 33.3 Å². The Kier molecular flexibility index (Phi) is 7.06. The van der Waals surface area contributed by atoms with E-state index in [0.29, 0.717) is 36.7 Å². The van der Waals surface area contributed by atoms with Gasteiger partial charge in [-0.15, -0.1) is 0 Å². The maximum Gasteiger partial charge on any atom is 0.261 e. The van der Waals surface area contributed by atoms with E-state index < -0.39 is 0 Å². The molecule has 0 spiro atoms. The Morgan fingerprint density at radius 3 is 2.40 bits per heavy atom. The molecule has 2 amide bonds. The van der Waals surface area contributed by atoms with Crippen LogP contribution in [0.1, 0.15) is 38.8 Å². The van der Waals surface area contributed by atoms with Crippen LogP contribution < -0.4 is 15.4 Å². The smallest absolute Gasteiger partial charge is 0.261 e. The largest absolute Gasteiger partial charge is 0.496 e. The molecule has 1 aliphatic rings. The minimum absolute atomic E-state index is 0.245. The van der Waals surface area contributed by atoms with Gasteiger partial charge in [-0.1, -0.05) is 29.8 Å². The van der Waals surface area contributed by atoms with E-state index >= 15 is 0 Å². The molecule has 0 bridgehead atoms. The van der Waals surface area contributed by atoms with Crippen LogP contribution in [0.15, 0.2) is 47.5 Å². The van der Waals surface area contributed by atoms with Crippen molar-refractivity contribution < 1.29 is 14.3 Å². The summed E-state index contributed by atoms with van der Waals surface area (Å²) >= 11 is 0. The second-order valence-electron chi connectivity index (χ2n) is 7.06. The number of fused-ring (bicyclic) bond motifs is 1. The number of methoxy groups -OCH3 is 1. The third-order valence-corrected chi connectivity index (χ3v) is 4.94. The molecule has 0 aliphatic carbocycles. The Balaban J connectivity index is 1.56. The highest BCUT2D eigenvalue weighted by molar-refractivity contribution is 6.21. The van der Waals surface area contributed by atoms with Crippen LogP contribution in [0.25, 0.3) is 0 Å². The number of nitrogens with zero attached hydrogens (tertiary/aromatic N) is 2. The van der Waals surface area contributed by atoms with Crippen molar-refractivity contribution in [2.24, 2.45) is 4.99 Å².